The molecule has 0 saturated carbocycles. The Morgan fingerprint density at radius 3 is 2.47 bits per heavy atom. The Hall–Kier alpha value is -3.61. The molecule has 5 rings (SSSR count). The molecule has 0 unspecified atom stereocenters. The number of hydrogen-bond donors (Lipinski definition) is 0. The average molecular weight is 461 g/mol. The van der Waals surface area contributed by atoms with Crippen molar-refractivity contribution in [2.45, 2.75) is 44.4 Å². The summed E-state index contributed by atoms with van der Waals surface area (Å²) in [4.78, 5) is 38.9. The topological polar surface area (TPSA) is 99.9 Å². The quantitative estimate of drug-likeness (QED) is 0.542. The molecule has 0 radical (unpaired) electrons. The van der Waals surface area contributed by atoms with Crippen molar-refractivity contribution in [3.63, 3.8) is 0 Å². The molecule has 1 aliphatic heterocycles. The van der Waals surface area contributed by atoms with Crippen molar-refractivity contribution >= 4 is 22.8 Å². The van der Waals surface area contributed by atoms with Crippen LogP contribution in [0.15, 0.2) is 51.7 Å². The number of benzene rings is 2. The van der Waals surface area contributed by atoms with Crippen LogP contribution in [0.4, 0.5) is 0 Å². The van der Waals surface area contributed by atoms with E-state index in [1.165, 1.54) is 0 Å². The minimum Gasteiger partial charge on any atom is -0.549 e. The summed E-state index contributed by atoms with van der Waals surface area (Å²) < 4.78 is 11.4. The van der Waals surface area contributed by atoms with Gasteiger partial charge in [-0.25, -0.2) is 4.79 Å². The Morgan fingerprint density at radius 1 is 1.06 bits per heavy atom. The predicted molar refractivity (Wildman–Crippen MR) is 124 cm³/mol. The van der Waals surface area contributed by atoms with Crippen molar-refractivity contribution in [1.29, 1.82) is 0 Å². The van der Waals surface area contributed by atoms with Crippen LogP contribution in [0.25, 0.3) is 11.0 Å². The molecule has 2 heterocycles. The van der Waals surface area contributed by atoms with E-state index in [1.807, 2.05) is 37.3 Å². The molecule has 7 heteroatoms. The molecule has 176 valence electrons. The fourth-order valence-electron chi connectivity index (χ4n) is 5.36. The Bertz CT molecular complexity index is 1320. The summed E-state index contributed by atoms with van der Waals surface area (Å²) >= 11 is 0. The van der Waals surface area contributed by atoms with Crippen LogP contribution < -0.4 is 15.5 Å². The molecule has 7 nitrogen and oxygen atoms in total. The summed E-state index contributed by atoms with van der Waals surface area (Å²) in [5, 5.41) is 13.0. The van der Waals surface area contributed by atoms with Gasteiger partial charge in [0.05, 0.1) is 5.97 Å². The molecular formula is C27H26NO6-. The molecule has 1 aromatic heterocycles. The third kappa shape index (κ3) is 3.65. The van der Waals surface area contributed by atoms with E-state index in [4.69, 9.17) is 9.15 Å². The van der Waals surface area contributed by atoms with Crippen LogP contribution in [0.3, 0.4) is 0 Å². The Kier molecular flexibility index (Phi) is 5.63. The number of nitrogens with zero attached hydrogens (tertiary/aromatic N) is 1. The highest BCUT2D eigenvalue weighted by Crippen LogP contribution is 2.36. The first kappa shape index (κ1) is 22.2. The highest BCUT2D eigenvalue weighted by atomic mass is 16.5. The molecule has 1 saturated heterocycles. The predicted octanol–water partition coefficient (Wildman–Crippen LogP) is 2.28. The van der Waals surface area contributed by atoms with E-state index in [2.05, 4.69) is 0 Å². The summed E-state index contributed by atoms with van der Waals surface area (Å²) in [5.41, 5.74) is 2.35. The fourth-order valence-corrected chi connectivity index (χ4v) is 5.36. The number of carbonyl (C=O) groups excluding carboxylic acids is 2. The number of carboxylic acid groups (broad SMARTS) is 1. The fraction of sp³-hybridized carbons (Fsp3) is 0.370. The lowest BCUT2D eigenvalue weighted by Gasteiger charge is -2.42. The van der Waals surface area contributed by atoms with Gasteiger partial charge in [0.2, 0.25) is 0 Å². The number of hydrogen-bond acceptors (Lipinski definition) is 6. The molecule has 3 aromatic rings. The first-order chi connectivity index (χ1) is 16.4. The number of likely N-dealkylation sites (tertiary alicyclic amines) is 1. The van der Waals surface area contributed by atoms with Gasteiger partial charge in [0.1, 0.15) is 11.3 Å². The number of aliphatic carboxylic acids is 1. The number of rotatable bonds is 5. The van der Waals surface area contributed by atoms with Crippen molar-refractivity contribution in [3.05, 3.63) is 75.1 Å². The lowest BCUT2D eigenvalue weighted by atomic mass is 9.73. The van der Waals surface area contributed by atoms with Gasteiger partial charge >= 0.3 is 5.63 Å². The van der Waals surface area contributed by atoms with Crippen molar-refractivity contribution in [2.75, 3.05) is 19.7 Å². The zero-order valence-electron chi connectivity index (χ0n) is 19.1. The van der Waals surface area contributed by atoms with Gasteiger partial charge in [0.25, 0.3) is 5.91 Å². The van der Waals surface area contributed by atoms with E-state index in [-0.39, 0.29) is 31.0 Å². The first-order valence-corrected chi connectivity index (χ1v) is 11.7. The highest BCUT2D eigenvalue weighted by Gasteiger charge is 2.38. The third-order valence-electron chi connectivity index (χ3n) is 7.38. The number of piperidine rings is 1. The van der Waals surface area contributed by atoms with E-state index in [0.29, 0.717) is 35.5 Å². The summed E-state index contributed by atoms with van der Waals surface area (Å²) in [6.45, 7) is 2.26. The standard InChI is InChI=1S/C27H27NO6/c1-17-22(11-10-20-19-8-5-9-21(19)25(30)34-24(17)20)33-16-23(29)28-14-12-27(13-15-28,26(31)32)18-6-3-2-4-7-18/h2-4,6-7,10-11H,5,8-9,12-16H2,1H3,(H,31,32)/p-1. The maximum Gasteiger partial charge on any atom is 0.339 e. The Balaban J connectivity index is 1.28. The first-order valence-electron chi connectivity index (χ1n) is 11.7. The number of aryl methyl sites for hydroxylation is 2. The van der Waals surface area contributed by atoms with Gasteiger partial charge in [-0.1, -0.05) is 30.3 Å². The second-order valence-corrected chi connectivity index (χ2v) is 9.17. The maximum absolute atomic E-state index is 12.8. The lowest BCUT2D eigenvalue weighted by Crippen LogP contribution is -2.54. The normalized spacial score (nSPS) is 16.9. The second kappa shape index (κ2) is 8.63. The number of carboxylic acids is 1. The van der Waals surface area contributed by atoms with E-state index in [1.54, 1.807) is 17.0 Å². The van der Waals surface area contributed by atoms with Crippen molar-refractivity contribution in [2.24, 2.45) is 0 Å². The largest absolute Gasteiger partial charge is 0.549 e. The lowest BCUT2D eigenvalue weighted by molar-refractivity contribution is -0.315. The molecule has 0 N–H and O–H groups in total. The second-order valence-electron chi connectivity index (χ2n) is 9.17. The molecule has 0 bridgehead atoms. The minimum atomic E-state index is -1.11. The zero-order valence-corrected chi connectivity index (χ0v) is 19.1. The van der Waals surface area contributed by atoms with Crippen LogP contribution in [-0.4, -0.2) is 36.5 Å². The molecule has 0 spiro atoms. The van der Waals surface area contributed by atoms with Gasteiger partial charge in [0, 0.05) is 35.0 Å². The van der Waals surface area contributed by atoms with Crippen LogP contribution in [0, 0.1) is 6.92 Å². The van der Waals surface area contributed by atoms with Crippen LogP contribution in [-0.2, 0) is 27.8 Å². The molecule has 1 aliphatic carbocycles. The smallest absolute Gasteiger partial charge is 0.339 e. The minimum absolute atomic E-state index is 0.175. The highest BCUT2D eigenvalue weighted by molar-refractivity contribution is 5.86. The van der Waals surface area contributed by atoms with Crippen molar-refractivity contribution in [3.8, 4) is 5.75 Å². The van der Waals surface area contributed by atoms with Crippen LogP contribution in [0.5, 0.6) is 5.75 Å². The van der Waals surface area contributed by atoms with E-state index >= 15 is 0 Å². The third-order valence-corrected chi connectivity index (χ3v) is 7.38. The zero-order chi connectivity index (χ0) is 23.9. The van der Waals surface area contributed by atoms with Gasteiger partial charge in [0.15, 0.2) is 6.61 Å². The van der Waals surface area contributed by atoms with E-state index < -0.39 is 11.4 Å². The van der Waals surface area contributed by atoms with Crippen LogP contribution in [0.2, 0.25) is 0 Å². The number of fused-ring (bicyclic) bond motifs is 3. The molecule has 34 heavy (non-hydrogen) atoms. The number of amides is 1. The van der Waals surface area contributed by atoms with Gasteiger partial charge < -0.3 is 24.0 Å². The van der Waals surface area contributed by atoms with Gasteiger partial charge in [-0.15, -0.1) is 0 Å². The molecule has 1 amide bonds. The van der Waals surface area contributed by atoms with Gasteiger partial charge in [-0.2, -0.15) is 0 Å². The Labute approximate surface area is 196 Å². The maximum atomic E-state index is 12.8. The molecular weight excluding hydrogens is 434 g/mol. The Morgan fingerprint density at radius 2 is 1.76 bits per heavy atom. The van der Waals surface area contributed by atoms with Crippen LogP contribution in [0.1, 0.15) is 41.5 Å². The van der Waals surface area contributed by atoms with Crippen LogP contribution >= 0.6 is 0 Å². The number of ether oxygens (including phenoxy) is 1. The molecule has 2 aliphatic rings. The SMILES string of the molecule is Cc1c(OCC(=O)N2CCC(C(=O)[O-])(c3ccccc3)CC2)ccc2c3c(c(=O)oc12)CCC3. The molecule has 1 fully saturated rings. The van der Waals surface area contributed by atoms with E-state index in [0.717, 1.165) is 35.8 Å². The summed E-state index contributed by atoms with van der Waals surface area (Å²) in [7, 11) is 0. The van der Waals surface area contributed by atoms with Crippen molar-refractivity contribution in [1.82, 2.24) is 4.90 Å². The summed E-state index contributed by atoms with van der Waals surface area (Å²) in [6, 6.07) is 12.8. The van der Waals surface area contributed by atoms with E-state index in [9.17, 15) is 19.5 Å². The number of carbonyl (C=O) groups is 2. The van der Waals surface area contributed by atoms with Gasteiger partial charge in [-0.3, -0.25) is 4.79 Å². The summed E-state index contributed by atoms with van der Waals surface area (Å²) in [5.74, 6) is -0.830. The summed E-state index contributed by atoms with van der Waals surface area (Å²) in [6.07, 6.45) is 3.14. The monoisotopic (exact) mass is 460 g/mol. The molecule has 0 atom stereocenters. The molecule has 2 aromatic carbocycles. The average Bonchev–Trinajstić information content (AvgIpc) is 3.35. The van der Waals surface area contributed by atoms with Gasteiger partial charge in [-0.05, 0) is 62.3 Å². The van der Waals surface area contributed by atoms with Crippen molar-refractivity contribution < 1.29 is 23.8 Å².